The number of aromatic nitrogens is 3. The van der Waals surface area contributed by atoms with Crippen molar-refractivity contribution in [3.8, 4) is 0 Å². The highest BCUT2D eigenvalue weighted by Crippen LogP contribution is 2.32. The topological polar surface area (TPSA) is 123 Å². The van der Waals surface area contributed by atoms with Crippen LogP contribution in [0.1, 0.15) is 37.1 Å². The fraction of sp³-hybridized carbons (Fsp3) is 0.333. The van der Waals surface area contributed by atoms with Gasteiger partial charge in [0, 0.05) is 12.6 Å². The number of hydrogen-bond acceptors (Lipinski definition) is 5. The Morgan fingerprint density at radius 1 is 1.30 bits per heavy atom. The Morgan fingerprint density at radius 3 is 2.80 bits per heavy atom. The van der Waals surface area contributed by atoms with Gasteiger partial charge in [0.2, 0.25) is 0 Å². The first-order chi connectivity index (χ1) is 14.4. The number of carboxylic acid groups (broad SMARTS) is 1. The Kier molecular flexibility index (Phi) is 5.26. The van der Waals surface area contributed by atoms with E-state index in [-0.39, 0.29) is 12.1 Å². The van der Waals surface area contributed by atoms with Crippen LogP contribution >= 0.6 is 0 Å². The number of urea groups is 1. The maximum atomic E-state index is 12.4. The molecule has 0 spiro atoms. The van der Waals surface area contributed by atoms with E-state index in [1.54, 1.807) is 11.0 Å². The van der Waals surface area contributed by atoms with Crippen LogP contribution in [-0.4, -0.2) is 44.9 Å². The van der Waals surface area contributed by atoms with E-state index in [0.29, 0.717) is 35.8 Å². The summed E-state index contributed by atoms with van der Waals surface area (Å²) < 4.78 is 0. The summed E-state index contributed by atoms with van der Waals surface area (Å²) in [6.45, 7) is 4.37. The number of H-pyrrole nitrogens is 1. The molecule has 9 heteroatoms. The molecule has 1 aliphatic rings. The number of carbonyl (C=O) groups excluding carboxylic acids is 1. The molecule has 2 amide bonds. The SMILES string of the molecule is Cc1nc(NC(=O)NC(C)c2ccccc2)cc2[nH]nc(N3CCCC3C(=O)O)c12. The minimum atomic E-state index is -0.850. The molecule has 0 aliphatic carbocycles. The first-order valence-electron chi connectivity index (χ1n) is 9.91. The molecule has 1 aromatic carbocycles. The number of carboxylic acids is 1. The van der Waals surface area contributed by atoms with Crippen LogP contribution in [0, 0.1) is 6.92 Å². The quantitative estimate of drug-likeness (QED) is 0.514. The van der Waals surface area contributed by atoms with Crippen LogP contribution in [0.2, 0.25) is 0 Å². The van der Waals surface area contributed by atoms with Gasteiger partial charge >= 0.3 is 12.0 Å². The molecule has 2 aromatic heterocycles. The molecular weight excluding hydrogens is 384 g/mol. The number of aryl methyl sites for hydroxylation is 1. The van der Waals surface area contributed by atoms with Crippen molar-refractivity contribution in [1.29, 1.82) is 0 Å². The second kappa shape index (κ2) is 8.02. The summed E-state index contributed by atoms with van der Waals surface area (Å²) in [4.78, 5) is 30.3. The zero-order chi connectivity index (χ0) is 21.3. The van der Waals surface area contributed by atoms with Crippen LogP contribution in [0.3, 0.4) is 0 Å². The number of aliphatic carboxylic acids is 1. The van der Waals surface area contributed by atoms with Crippen LogP contribution in [0.5, 0.6) is 0 Å². The first kappa shape index (κ1) is 19.7. The molecule has 4 N–H and O–H groups in total. The lowest BCUT2D eigenvalue weighted by Crippen LogP contribution is -2.36. The Hall–Kier alpha value is -3.62. The Balaban J connectivity index is 1.53. The largest absolute Gasteiger partial charge is 0.480 e. The lowest BCUT2D eigenvalue weighted by atomic mass is 10.1. The van der Waals surface area contributed by atoms with E-state index >= 15 is 0 Å². The number of rotatable bonds is 5. The van der Waals surface area contributed by atoms with Gasteiger partial charge in [0.05, 0.1) is 22.6 Å². The average Bonchev–Trinajstić information content (AvgIpc) is 3.35. The highest BCUT2D eigenvalue weighted by atomic mass is 16.4. The Morgan fingerprint density at radius 2 is 2.07 bits per heavy atom. The third-order valence-electron chi connectivity index (χ3n) is 5.40. The van der Waals surface area contributed by atoms with E-state index in [9.17, 15) is 14.7 Å². The molecule has 1 saturated heterocycles. The standard InChI is InChI=1S/C21H24N6O3/c1-12(14-7-4-3-5-8-14)23-21(30)24-17-11-15-18(13(2)22-17)19(26-25-15)27-10-6-9-16(27)20(28)29/h3-5,7-8,11-12,16H,6,9-10H2,1-2H3,(H,25,26)(H,28,29)(H2,22,23,24,30). The fourth-order valence-corrected chi connectivity index (χ4v) is 3.94. The molecule has 3 heterocycles. The van der Waals surface area contributed by atoms with Gasteiger partial charge in [0.1, 0.15) is 11.9 Å². The van der Waals surface area contributed by atoms with E-state index in [1.807, 2.05) is 44.2 Å². The summed E-state index contributed by atoms with van der Waals surface area (Å²) in [5, 5.41) is 23.2. The van der Waals surface area contributed by atoms with Gasteiger partial charge in [-0.2, -0.15) is 5.10 Å². The molecule has 2 atom stereocenters. The first-order valence-corrected chi connectivity index (χ1v) is 9.91. The maximum absolute atomic E-state index is 12.4. The third-order valence-corrected chi connectivity index (χ3v) is 5.40. The second-order valence-electron chi connectivity index (χ2n) is 7.48. The van der Waals surface area contributed by atoms with Crippen molar-refractivity contribution in [3.63, 3.8) is 0 Å². The predicted octanol–water partition coefficient (Wildman–Crippen LogP) is 3.20. The van der Waals surface area contributed by atoms with Gasteiger partial charge in [-0.3, -0.25) is 10.4 Å². The molecule has 1 aliphatic heterocycles. The van der Waals surface area contributed by atoms with E-state index in [1.165, 1.54) is 0 Å². The zero-order valence-electron chi connectivity index (χ0n) is 16.8. The molecule has 0 radical (unpaired) electrons. The van der Waals surface area contributed by atoms with Gasteiger partial charge in [-0.15, -0.1) is 0 Å². The van der Waals surface area contributed by atoms with Crippen molar-refractivity contribution in [2.45, 2.75) is 38.8 Å². The molecule has 0 bridgehead atoms. The van der Waals surface area contributed by atoms with Crippen molar-refractivity contribution >= 4 is 34.5 Å². The summed E-state index contributed by atoms with van der Waals surface area (Å²) in [5.41, 5.74) is 2.36. The number of fused-ring (bicyclic) bond motifs is 1. The smallest absolute Gasteiger partial charge is 0.326 e. The predicted molar refractivity (Wildman–Crippen MR) is 114 cm³/mol. The van der Waals surface area contributed by atoms with Gasteiger partial charge in [-0.05, 0) is 32.3 Å². The van der Waals surface area contributed by atoms with E-state index in [4.69, 9.17) is 0 Å². The number of pyridine rings is 1. The number of nitrogens with zero attached hydrogens (tertiary/aromatic N) is 3. The average molecular weight is 408 g/mol. The number of hydrogen-bond donors (Lipinski definition) is 4. The fourth-order valence-electron chi connectivity index (χ4n) is 3.94. The van der Waals surface area contributed by atoms with E-state index in [2.05, 4.69) is 25.8 Å². The summed E-state index contributed by atoms with van der Waals surface area (Å²) in [6.07, 6.45) is 1.40. The zero-order valence-corrected chi connectivity index (χ0v) is 16.8. The summed E-state index contributed by atoms with van der Waals surface area (Å²) in [7, 11) is 0. The third kappa shape index (κ3) is 3.78. The number of aromatic amines is 1. The van der Waals surface area contributed by atoms with Gasteiger partial charge in [0.15, 0.2) is 5.82 Å². The van der Waals surface area contributed by atoms with Crippen LogP contribution in [0.25, 0.3) is 10.9 Å². The van der Waals surface area contributed by atoms with Crippen molar-refractivity contribution in [2.75, 3.05) is 16.8 Å². The highest BCUT2D eigenvalue weighted by Gasteiger charge is 2.33. The lowest BCUT2D eigenvalue weighted by Gasteiger charge is -2.21. The molecule has 2 unspecified atom stereocenters. The minimum Gasteiger partial charge on any atom is -0.480 e. The van der Waals surface area contributed by atoms with Crippen molar-refractivity contribution in [2.24, 2.45) is 0 Å². The van der Waals surface area contributed by atoms with Gasteiger partial charge in [-0.1, -0.05) is 30.3 Å². The maximum Gasteiger partial charge on any atom is 0.326 e. The molecule has 3 aromatic rings. The molecular formula is C21H24N6O3. The van der Waals surface area contributed by atoms with Crippen LogP contribution < -0.4 is 15.5 Å². The van der Waals surface area contributed by atoms with Crippen LogP contribution in [0.4, 0.5) is 16.4 Å². The van der Waals surface area contributed by atoms with Crippen LogP contribution in [-0.2, 0) is 4.79 Å². The summed E-state index contributed by atoms with van der Waals surface area (Å²) in [6, 6.07) is 10.3. The van der Waals surface area contributed by atoms with Crippen LogP contribution in [0.15, 0.2) is 36.4 Å². The van der Waals surface area contributed by atoms with Crippen molar-refractivity contribution in [1.82, 2.24) is 20.5 Å². The normalized spacial score (nSPS) is 17.1. The summed E-state index contributed by atoms with van der Waals surface area (Å²) in [5.74, 6) is 0.134. The number of benzene rings is 1. The van der Waals surface area contributed by atoms with Gasteiger partial charge in [-0.25, -0.2) is 14.6 Å². The molecule has 156 valence electrons. The second-order valence-corrected chi connectivity index (χ2v) is 7.48. The molecule has 30 heavy (non-hydrogen) atoms. The molecule has 0 saturated carbocycles. The van der Waals surface area contributed by atoms with Gasteiger partial charge in [0.25, 0.3) is 0 Å². The number of nitrogens with one attached hydrogen (secondary N) is 3. The Labute approximate surface area is 173 Å². The van der Waals surface area contributed by atoms with Gasteiger partial charge < -0.3 is 15.3 Å². The van der Waals surface area contributed by atoms with E-state index < -0.39 is 12.0 Å². The molecule has 9 nitrogen and oxygen atoms in total. The minimum absolute atomic E-state index is 0.155. The number of anilines is 2. The number of amides is 2. The van der Waals surface area contributed by atoms with Crippen molar-refractivity contribution < 1.29 is 14.7 Å². The van der Waals surface area contributed by atoms with Crippen molar-refractivity contribution in [3.05, 3.63) is 47.7 Å². The summed E-state index contributed by atoms with van der Waals surface area (Å²) >= 11 is 0. The van der Waals surface area contributed by atoms with E-state index in [0.717, 1.165) is 17.4 Å². The molecule has 1 fully saturated rings. The molecule has 4 rings (SSSR count). The highest BCUT2D eigenvalue weighted by molar-refractivity contribution is 5.97. The Bertz CT molecular complexity index is 1080. The number of carbonyl (C=O) groups is 2. The monoisotopic (exact) mass is 408 g/mol. The lowest BCUT2D eigenvalue weighted by molar-refractivity contribution is -0.138.